The van der Waals surface area contributed by atoms with Gasteiger partial charge in [-0.3, -0.25) is 0 Å². The third-order valence-corrected chi connectivity index (χ3v) is 18.4. The Bertz CT molecular complexity index is 2120. The molecule has 3 aromatic carbocycles. The quantitative estimate of drug-likeness (QED) is 0.0751. The lowest BCUT2D eigenvalue weighted by Crippen LogP contribution is -2.12. The van der Waals surface area contributed by atoms with E-state index in [9.17, 15) is 0 Å². The summed E-state index contributed by atoms with van der Waals surface area (Å²) < 4.78 is 21.0. The molecule has 0 saturated heterocycles. The van der Waals surface area contributed by atoms with Crippen molar-refractivity contribution in [1.29, 1.82) is 0 Å². The normalized spacial score (nSPS) is 13.2. The Hall–Kier alpha value is -3.40. The Balaban J connectivity index is -0.000000250. The van der Waals surface area contributed by atoms with Gasteiger partial charge in [-0.05, 0) is 192 Å². The molecule has 3 aliphatic rings. The van der Waals surface area contributed by atoms with Crippen LogP contribution in [0.5, 0.6) is 23.0 Å². The second kappa shape index (κ2) is 70.6. The van der Waals surface area contributed by atoms with Crippen molar-refractivity contribution in [2.75, 3.05) is 28.4 Å². The summed E-state index contributed by atoms with van der Waals surface area (Å²) in [6.45, 7) is 78.0. The van der Waals surface area contributed by atoms with E-state index in [1.54, 1.807) is 28.4 Å². The third-order valence-electron chi connectivity index (χ3n) is 18.4. The van der Waals surface area contributed by atoms with Crippen LogP contribution in [0.3, 0.4) is 0 Å². The van der Waals surface area contributed by atoms with Gasteiger partial charge < -0.3 is 18.9 Å². The molecule has 4 nitrogen and oxygen atoms in total. The first kappa shape index (κ1) is 110. The van der Waals surface area contributed by atoms with Crippen LogP contribution in [0.4, 0.5) is 0 Å². The summed E-state index contributed by atoms with van der Waals surface area (Å²) in [7, 11) is 6.69. The predicted molar refractivity (Wildman–Crippen MR) is 468 cm³/mol. The molecule has 0 bridgehead atoms. The van der Waals surface area contributed by atoms with Crippen LogP contribution in [-0.4, -0.2) is 28.4 Å². The smallest absolute Gasteiger partial charge is 0.163 e. The molecule has 3 aliphatic carbocycles. The summed E-state index contributed by atoms with van der Waals surface area (Å²) >= 11 is 0. The molecule has 0 heterocycles. The summed E-state index contributed by atoms with van der Waals surface area (Å²) in [5, 5.41) is 0. The first-order valence-electron chi connectivity index (χ1n) is 42.6. The van der Waals surface area contributed by atoms with Gasteiger partial charge in [0.1, 0.15) is 11.5 Å². The fraction of sp³-hybridized carbons (Fsp3) is 0.796. The van der Waals surface area contributed by atoms with E-state index in [2.05, 4.69) is 284 Å². The van der Waals surface area contributed by atoms with E-state index < -0.39 is 0 Å². The SMILES string of the molecule is C=CCC(C)C.CC(C)C(C)(C)C.CC(C)C(C)C.CC(C)CC(C)C.CC(C)CC1CC1.CC(C)CC1CCC1.CC(C)CC1CCCCC1.CC(C)Cc1ccccc1.CCCC(C)C.CCCCC(C)C.COc1cc(CC(C)C)cc(OC)c1.COc1cccc(CC(C)C)c1OC. The van der Waals surface area contributed by atoms with Gasteiger partial charge in [-0.15, -0.1) is 6.58 Å². The topological polar surface area (TPSA) is 36.9 Å². The van der Waals surface area contributed by atoms with Crippen LogP contribution in [0.1, 0.15) is 374 Å². The van der Waals surface area contributed by atoms with Crippen molar-refractivity contribution in [3.05, 3.63) is 96.1 Å². The minimum Gasteiger partial charge on any atom is -0.497 e. The van der Waals surface area contributed by atoms with Gasteiger partial charge in [0.15, 0.2) is 11.5 Å². The second-order valence-corrected chi connectivity index (χ2v) is 37.0. The lowest BCUT2D eigenvalue weighted by Gasteiger charge is -2.26. The Labute approximate surface area is 645 Å². The third kappa shape index (κ3) is 82.3. The predicted octanol–water partition coefficient (Wildman–Crippen LogP) is 32.7. The number of benzene rings is 3. The van der Waals surface area contributed by atoms with Gasteiger partial charge in [0, 0.05) is 6.07 Å². The number of allylic oxidation sites excluding steroid dienone is 1. The fourth-order valence-corrected chi connectivity index (χ4v) is 11.1. The van der Waals surface area contributed by atoms with Crippen molar-refractivity contribution < 1.29 is 18.9 Å². The zero-order valence-corrected chi connectivity index (χ0v) is 76.3. The average molecular weight is 1430 g/mol. The number of hydrogen-bond donors (Lipinski definition) is 0. The molecule has 6 rings (SSSR count). The molecule has 3 aromatic rings. The molecular formula is C98H188O4. The first-order valence-corrected chi connectivity index (χ1v) is 42.6. The zero-order chi connectivity index (χ0) is 79.9. The molecule has 0 aromatic heterocycles. The minimum atomic E-state index is 0.500. The zero-order valence-electron chi connectivity index (χ0n) is 76.3. The van der Waals surface area contributed by atoms with Crippen LogP contribution in [0.25, 0.3) is 0 Å². The average Bonchev–Trinajstić information content (AvgIpc) is 1.13. The van der Waals surface area contributed by atoms with Gasteiger partial charge in [-0.2, -0.15) is 0 Å². The highest BCUT2D eigenvalue weighted by Crippen LogP contribution is 2.36. The first-order chi connectivity index (χ1) is 47.5. The molecule has 4 heteroatoms. The Morgan fingerprint density at radius 3 is 1.03 bits per heavy atom. The number of methoxy groups -OCH3 is 4. The van der Waals surface area contributed by atoms with Crippen LogP contribution in [-0.2, 0) is 19.3 Å². The van der Waals surface area contributed by atoms with Crippen LogP contribution in [0, 0.1) is 106 Å². The van der Waals surface area contributed by atoms with Crippen LogP contribution in [0.2, 0.25) is 0 Å². The van der Waals surface area contributed by atoms with Gasteiger partial charge in [-0.1, -0.05) is 373 Å². The highest BCUT2D eigenvalue weighted by atomic mass is 16.5. The molecule has 0 atom stereocenters. The molecule has 0 N–H and O–H groups in total. The highest BCUT2D eigenvalue weighted by Gasteiger charge is 2.22. The van der Waals surface area contributed by atoms with Gasteiger partial charge in [-0.25, -0.2) is 0 Å². The lowest BCUT2D eigenvalue weighted by molar-refractivity contribution is 0.264. The second-order valence-electron chi connectivity index (χ2n) is 37.0. The van der Waals surface area contributed by atoms with E-state index in [1.807, 2.05) is 24.3 Å². The molecule has 0 amide bonds. The minimum absolute atomic E-state index is 0.500. The van der Waals surface area contributed by atoms with Crippen LogP contribution >= 0.6 is 0 Å². The highest BCUT2D eigenvalue weighted by molar-refractivity contribution is 5.46. The monoisotopic (exact) mass is 1430 g/mol. The van der Waals surface area contributed by atoms with Crippen molar-refractivity contribution >= 4 is 0 Å². The standard InChI is InChI=1S/2C12H18O2.C10H20.C10H14.C8H16.C7H14.3C7H16.2C6H14.C6H12/c1-9(2)5-10-6-11(13-3)8-12(7-10)14-4;1-9(2)8-10-6-5-7-11(13-3)12(10)14-4;2*1-9(2)8-10-6-4-3-5-7-10;1-7(2)6-8-4-3-5-8;1-6(2)5-7-3-4-7;1-6(2)7(3,4)5;1-6(2)5-7(3)4;1-4-5-6-7(2)3;1-5(2)6(3)4;2*1-4-5-6(2)3/h6-9H,5H2,1-4H3;5-7,9H,8H2,1-4H3;9-10H,3-8H2,1-2H3;3-7,9H,8H2,1-2H3;7-8H,3-6H2,1-2H3;6-7H,3-5H2,1-2H3;6H,1-5H3;6-7H,5H2,1-4H3;7H,4-6H2,1-3H3;5-6H,1-4H3;6H,4-5H2,1-3H3;4,6H,1,5H2,2-3H3. The van der Waals surface area contributed by atoms with Crippen LogP contribution < -0.4 is 18.9 Å². The molecule has 102 heavy (non-hydrogen) atoms. The molecular weight excluding hydrogens is 1240 g/mol. The molecule has 0 unspecified atom stereocenters. The molecule has 0 spiro atoms. The van der Waals surface area contributed by atoms with Crippen molar-refractivity contribution in [3.8, 4) is 23.0 Å². The van der Waals surface area contributed by atoms with Gasteiger partial charge >= 0.3 is 0 Å². The molecule has 3 fully saturated rings. The Kier molecular flexibility index (Phi) is 75.8. The molecule has 0 radical (unpaired) electrons. The molecule has 0 aliphatic heterocycles. The summed E-state index contributed by atoms with van der Waals surface area (Å²) in [6, 6.07) is 22.6. The van der Waals surface area contributed by atoms with E-state index in [4.69, 9.17) is 18.9 Å². The number of ether oxygens (including phenoxy) is 4. The maximum absolute atomic E-state index is 5.34. The maximum atomic E-state index is 5.34. The molecule has 3 saturated carbocycles. The summed E-state index contributed by atoms with van der Waals surface area (Å²) in [5.41, 5.74) is 4.41. The van der Waals surface area contributed by atoms with Gasteiger partial charge in [0.05, 0.1) is 28.4 Å². The number of rotatable bonds is 26. The van der Waals surface area contributed by atoms with E-state index >= 15 is 0 Å². The van der Waals surface area contributed by atoms with Gasteiger partial charge in [0.2, 0.25) is 0 Å². The van der Waals surface area contributed by atoms with Crippen molar-refractivity contribution in [1.82, 2.24) is 0 Å². The van der Waals surface area contributed by atoms with E-state index in [0.717, 1.165) is 131 Å². The van der Waals surface area contributed by atoms with Gasteiger partial charge in [0.25, 0.3) is 0 Å². The maximum Gasteiger partial charge on any atom is 0.163 e. The van der Waals surface area contributed by atoms with E-state index in [-0.39, 0.29) is 0 Å². The Morgan fingerprint density at radius 2 is 0.794 bits per heavy atom. The van der Waals surface area contributed by atoms with E-state index in [1.165, 1.54) is 145 Å². The van der Waals surface area contributed by atoms with Crippen molar-refractivity contribution in [2.45, 2.75) is 376 Å². The van der Waals surface area contributed by atoms with Crippen molar-refractivity contribution in [2.24, 2.45) is 106 Å². The number of hydrogen-bond acceptors (Lipinski definition) is 4. The number of para-hydroxylation sites is 1. The molecule has 604 valence electrons. The van der Waals surface area contributed by atoms with Crippen molar-refractivity contribution in [3.63, 3.8) is 0 Å². The fourth-order valence-electron chi connectivity index (χ4n) is 11.1. The summed E-state index contributed by atoms with van der Waals surface area (Å²) in [5.74, 6) is 18.4. The Morgan fingerprint density at radius 1 is 0.392 bits per heavy atom. The summed E-state index contributed by atoms with van der Waals surface area (Å²) in [4.78, 5) is 0. The number of unbranched alkanes of at least 4 members (excludes halogenated alkanes) is 1. The van der Waals surface area contributed by atoms with Crippen LogP contribution in [0.15, 0.2) is 79.4 Å². The lowest BCUT2D eigenvalue weighted by atomic mass is 9.80. The summed E-state index contributed by atoms with van der Waals surface area (Å²) in [6.07, 6.45) is 34.0. The van der Waals surface area contributed by atoms with E-state index in [0.29, 0.717) is 17.3 Å². The largest absolute Gasteiger partial charge is 0.497 e.